The minimum atomic E-state index is -0.645. The number of ether oxygens (including phenoxy) is 1. The lowest BCUT2D eigenvalue weighted by Gasteiger charge is -1.99. The summed E-state index contributed by atoms with van der Waals surface area (Å²) in [5.41, 5.74) is 2.02. The molecule has 2 rings (SSSR count). The van der Waals surface area contributed by atoms with Gasteiger partial charge < -0.3 is 9.15 Å². The van der Waals surface area contributed by atoms with Crippen molar-refractivity contribution in [2.75, 3.05) is 6.61 Å². The molecule has 0 spiro atoms. The van der Waals surface area contributed by atoms with Gasteiger partial charge in [-0.05, 0) is 26.0 Å². The summed E-state index contributed by atoms with van der Waals surface area (Å²) in [5.74, 6) is 0.478. The van der Waals surface area contributed by atoms with Gasteiger partial charge in [-0.3, -0.25) is 0 Å². The number of carbonyl (C=O) groups excluding carboxylic acids is 1. The molecule has 0 saturated carbocycles. The standard InChI is InChI=1S/C17H15NO3/c1-3-20-17(19)14(11-18)10-15-8-9-16(21-15)13-6-4-12(2)5-7-13/h4-10H,3H2,1-2H3. The van der Waals surface area contributed by atoms with Crippen LogP contribution in [0.25, 0.3) is 17.4 Å². The summed E-state index contributed by atoms with van der Waals surface area (Å²) in [6.45, 7) is 3.93. The average Bonchev–Trinajstić information content (AvgIpc) is 2.94. The summed E-state index contributed by atoms with van der Waals surface area (Å²) >= 11 is 0. The zero-order valence-electron chi connectivity index (χ0n) is 11.9. The van der Waals surface area contributed by atoms with E-state index in [0.717, 1.165) is 5.56 Å². The molecule has 0 aliphatic rings. The summed E-state index contributed by atoms with van der Waals surface area (Å²) in [6, 6.07) is 13.2. The fourth-order valence-electron chi connectivity index (χ4n) is 1.79. The van der Waals surface area contributed by atoms with Gasteiger partial charge in [-0.2, -0.15) is 5.26 Å². The molecule has 0 atom stereocenters. The molecule has 2 aromatic rings. The van der Waals surface area contributed by atoms with E-state index in [2.05, 4.69) is 0 Å². The third kappa shape index (κ3) is 3.61. The molecule has 0 bridgehead atoms. The lowest BCUT2D eigenvalue weighted by atomic mass is 10.1. The Bertz CT molecular complexity index is 702. The van der Waals surface area contributed by atoms with Crippen molar-refractivity contribution in [1.82, 2.24) is 0 Å². The van der Waals surface area contributed by atoms with E-state index < -0.39 is 5.97 Å². The minimum Gasteiger partial charge on any atom is -0.462 e. The number of nitrogens with zero attached hydrogens (tertiary/aromatic N) is 1. The van der Waals surface area contributed by atoms with E-state index in [1.54, 1.807) is 19.1 Å². The van der Waals surface area contributed by atoms with Crippen molar-refractivity contribution >= 4 is 12.0 Å². The van der Waals surface area contributed by atoms with E-state index >= 15 is 0 Å². The summed E-state index contributed by atoms with van der Waals surface area (Å²) < 4.78 is 10.4. The highest BCUT2D eigenvalue weighted by Gasteiger charge is 2.11. The topological polar surface area (TPSA) is 63.2 Å². The monoisotopic (exact) mass is 281 g/mol. The van der Waals surface area contributed by atoms with Crippen molar-refractivity contribution in [2.24, 2.45) is 0 Å². The van der Waals surface area contributed by atoms with Crippen molar-refractivity contribution in [3.8, 4) is 17.4 Å². The highest BCUT2D eigenvalue weighted by Crippen LogP contribution is 2.23. The van der Waals surface area contributed by atoms with E-state index in [1.807, 2.05) is 37.3 Å². The van der Waals surface area contributed by atoms with Crippen LogP contribution in [-0.2, 0) is 9.53 Å². The van der Waals surface area contributed by atoms with Crippen molar-refractivity contribution in [3.63, 3.8) is 0 Å². The normalized spacial score (nSPS) is 11.0. The van der Waals surface area contributed by atoms with Crippen LogP contribution in [-0.4, -0.2) is 12.6 Å². The molecule has 0 fully saturated rings. The average molecular weight is 281 g/mol. The molecule has 0 N–H and O–H groups in total. The number of nitriles is 1. The number of esters is 1. The van der Waals surface area contributed by atoms with Crippen LogP contribution in [0.5, 0.6) is 0 Å². The minimum absolute atomic E-state index is 0.0818. The van der Waals surface area contributed by atoms with Gasteiger partial charge in [-0.15, -0.1) is 0 Å². The largest absolute Gasteiger partial charge is 0.462 e. The first-order valence-electron chi connectivity index (χ1n) is 6.60. The van der Waals surface area contributed by atoms with Gasteiger partial charge in [0.15, 0.2) is 0 Å². The molecule has 4 heteroatoms. The summed E-state index contributed by atoms with van der Waals surface area (Å²) in [6.07, 6.45) is 1.38. The van der Waals surface area contributed by atoms with E-state index in [9.17, 15) is 4.79 Å². The lowest BCUT2D eigenvalue weighted by Crippen LogP contribution is -2.05. The summed E-state index contributed by atoms with van der Waals surface area (Å²) in [7, 11) is 0. The van der Waals surface area contributed by atoms with Crippen molar-refractivity contribution < 1.29 is 13.9 Å². The third-order valence-electron chi connectivity index (χ3n) is 2.87. The molecule has 0 saturated heterocycles. The number of hydrogen-bond acceptors (Lipinski definition) is 4. The van der Waals surface area contributed by atoms with E-state index in [1.165, 1.54) is 11.6 Å². The first-order chi connectivity index (χ1) is 10.1. The first-order valence-corrected chi connectivity index (χ1v) is 6.60. The molecule has 1 heterocycles. The molecular formula is C17H15NO3. The molecule has 0 aliphatic carbocycles. The van der Waals surface area contributed by atoms with Gasteiger partial charge in [0.05, 0.1) is 6.61 Å². The Balaban J connectivity index is 2.25. The van der Waals surface area contributed by atoms with E-state index in [4.69, 9.17) is 14.4 Å². The van der Waals surface area contributed by atoms with E-state index in [0.29, 0.717) is 11.5 Å². The Labute approximate surface area is 123 Å². The molecule has 1 aromatic heterocycles. The maximum absolute atomic E-state index is 11.5. The van der Waals surface area contributed by atoms with Crippen LogP contribution >= 0.6 is 0 Å². The van der Waals surface area contributed by atoms with Gasteiger partial charge in [-0.1, -0.05) is 29.8 Å². The zero-order valence-corrected chi connectivity index (χ0v) is 11.9. The number of furan rings is 1. The van der Waals surface area contributed by atoms with Gasteiger partial charge >= 0.3 is 5.97 Å². The van der Waals surface area contributed by atoms with Crippen molar-refractivity contribution in [2.45, 2.75) is 13.8 Å². The molecule has 0 unspecified atom stereocenters. The van der Waals surface area contributed by atoms with Gasteiger partial charge in [-0.25, -0.2) is 4.79 Å². The Morgan fingerprint density at radius 3 is 2.62 bits per heavy atom. The second-order valence-corrected chi connectivity index (χ2v) is 4.46. The highest BCUT2D eigenvalue weighted by molar-refractivity contribution is 5.97. The molecule has 4 nitrogen and oxygen atoms in total. The van der Waals surface area contributed by atoms with Gasteiger partial charge in [0.2, 0.25) is 0 Å². The van der Waals surface area contributed by atoms with Crippen LogP contribution < -0.4 is 0 Å². The number of rotatable bonds is 4. The molecule has 0 radical (unpaired) electrons. The van der Waals surface area contributed by atoms with Gasteiger partial charge in [0.1, 0.15) is 23.2 Å². The molecule has 1 aromatic carbocycles. The van der Waals surface area contributed by atoms with Crippen LogP contribution in [0.15, 0.2) is 46.4 Å². The highest BCUT2D eigenvalue weighted by atomic mass is 16.5. The second-order valence-electron chi connectivity index (χ2n) is 4.46. The number of benzene rings is 1. The maximum atomic E-state index is 11.5. The van der Waals surface area contributed by atoms with Crippen molar-refractivity contribution in [1.29, 1.82) is 5.26 Å². The third-order valence-corrected chi connectivity index (χ3v) is 2.87. The van der Waals surface area contributed by atoms with E-state index in [-0.39, 0.29) is 12.2 Å². The SMILES string of the molecule is CCOC(=O)C(C#N)=Cc1ccc(-c2ccc(C)cc2)o1. The number of hydrogen-bond donors (Lipinski definition) is 0. The smallest absolute Gasteiger partial charge is 0.349 e. The molecule has 0 amide bonds. The molecule has 0 aliphatic heterocycles. The fourth-order valence-corrected chi connectivity index (χ4v) is 1.79. The predicted octanol–water partition coefficient (Wildman–Crippen LogP) is 3.73. The molecule has 21 heavy (non-hydrogen) atoms. The Kier molecular flexibility index (Phi) is 4.57. The van der Waals surface area contributed by atoms with Crippen LogP contribution in [0.1, 0.15) is 18.2 Å². The summed E-state index contributed by atoms with van der Waals surface area (Å²) in [4.78, 5) is 11.5. The van der Waals surface area contributed by atoms with Crippen LogP contribution in [0.2, 0.25) is 0 Å². The van der Waals surface area contributed by atoms with Crippen molar-refractivity contribution in [3.05, 3.63) is 53.3 Å². The molecule has 106 valence electrons. The fraction of sp³-hybridized carbons (Fsp3) is 0.176. The Morgan fingerprint density at radius 2 is 2.00 bits per heavy atom. The second kappa shape index (κ2) is 6.58. The molecular weight excluding hydrogens is 266 g/mol. The van der Waals surface area contributed by atoms with Crippen LogP contribution in [0.4, 0.5) is 0 Å². The van der Waals surface area contributed by atoms with Gasteiger partial charge in [0.25, 0.3) is 0 Å². The summed E-state index contributed by atoms with van der Waals surface area (Å²) in [5, 5.41) is 8.98. The first kappa shape index (κ1) is 14.6. The maximum Gasteiger partial charge on any atom is 0.349 e. The van der Waals surface area contributed by atoms with Crippen LogP contribution in [0, 0.1) is 18.3 Å². The quantitative estimate of drug-likeness (QED) is 0.486. The Morgan fingerprint density at radius 1 is 1.29 bits per heavy atom. The van der Waals surface area contributed by atoms with Crippen LogP contribution in [0.3, 0.4) is 0 Å². The number of aryl methyl sites for hydroxylation is 1. The van der Waals surface area contributed by atoms with Gasteiger partial charge in [0, 0.05) is 11.6 Å². The Hall–Kier alpha value is -2.80. The number of carbonyl (C=O) groups is 1. The predicted molar refractivity (Wildman–Crippen MR) is 79.1 cm³/mol. The zero-order chi connectivity index (χ0) is 15.2. The lowest BCUT2D eigenvalue weighted by molar-refractivity contribution is -0.137.